The van der Waals surface area contributed by atoms with Crippen molar-refractivity contribution in [3.8, 4) is 11.8 Å². The van der Waals surface area contributed by atoms with E-state index in [-0.39, 0.29) is 5.57 Å². The molecule has 0 radical (unpaired) electrons. The third-order valence-corrected chi connectivity index (χ3v) is 6.63. The van der Waals surface area contributed by atoms with Crippen molar-refractivity contribution in [3.63, 3.8) is 0 Å². The maximum atomic E-state index is 12.9. The number of ether oxygens (including phenoxy) is 1. The first-order valence-corrected chi connectivity index (χ1v) is 12.5. The highest BCUT2D eigenvalue weighted by molar-refractivity contribution is 9.11. The zero-order valence-electron chi connectivity index (χ0n) is 19.2. The Bertz CT molecular complexity index is 1500. The summed E-state index contributed by atoms with van der Waals surface area (Å²) in [5.41, 5.74) is 4.33. The molecule has 4 rings (SSSR count). The van der Waals surface area contributed by atoms with Gasteiger partial charge in [-0.2, -0.15) is 5.26 Å². The molecule has 0 saturated carbocycles. The first-order chi connectivity index (χ1) is 16.9. The SMILES string of the molecule is Cc1ccc(NC(=O)/C(C#N)=C/c2cc(Br)cc(Br)c2OCc2cccc3ccccc23)c(C)c1. The Morgan fingerprint density at radius 2 is 1.80 bits per heavy atom. The third kappa shape index (κ3) is 5.82. The Balaban J connectivity index is 1.64. The summed E-state index contributed by atoms with van der Waals surface area (Å²) >= 11 is 7.07. The van der Waals surface area contributed by atoms with E-state index in [1.807, 2.05) is 74.5 Å². The van der Waals surface area contributed by atoms with Gasteiger partial charge in [0.15, 0.2) is 0 Å². The highest BCUT2D eigenvalue weighted by Crippen LogP contribution is 2.35. The van der Waals surface area contributed by atoms with Gasteiger partial charge in [-0.25, -0.2) is 0 Å². The number of nitrogens with one attached hydrogen (secondary N) is 1. The molecule has 0 aliphatic heterocycles. The van der Waals surface area contributed by atoms with E-state index < -0.39 is 5.91 Å². The predicted octanol–water partition coefficient (Wildman–Crippen LogP) is 8.11. The summed E-state index contributed by atoms with van der Waals surface area (Å²) in [4.78, 5) is 12.9. The zero-order valence-corrected chi connectivity index (χ0v) is 22.4. The summed E-state index contributed by atoms with van der Waals surface area (Å²) in [6.45, 7) is 4.24. The van der Waals surface area contributed by atoms with Crippen LogP contribution in [0, 0.1) is 25.2 Å². The summed E-state index contributed by atoms with van der Waals surface area (Å²) in [6.07, 6.45) is 1.55. The molecule has 0 aromatic heterocycles. The van der Waals surface area contributed by atoms with Crippen LogP contribution in [-0.4, -0.2) is 5.91 Å². The number of amides is 1. The van der Waals surface area contributed by atoms with Crippen LogP contribution in [0.15, 0.2) is 87.3 Å². The highest BCUT2D eigenvalue weighted by Gasteiger charge is 2.15. The number of fused-ring (bicyclic) bond motifs is 1. The Labute approximate surface area is 221 Å². The number of anilines is 1. The summed E-state index contributed by atoms with van der Waals surface area (Å²) in [5.74, 6) is 0.0729. The Hall–Kier alpha value is -3.40. The standard InChI is InChI=1S/C29H22Br2N2O2/c1-18-10-11-27(19(2)12-18)33-29(34)23(16-32)13-22-14-24(30)15-26(31)28(22)35-17-21-8-5-7-20-6-3-4-9-25(20)21/h3-15H,17H2,1-2H3,(H,33,34)/b23-13+. The molecule has 0 aliphatic carbocycles. The minimum Gasteiger partial charge on any atom is -0.487 e. The third-order valence-electron chi connectivity index (χ3n) is 5.58. The molecular weight excluding hydrogens is 568 g/mol. The molecule has 0 bridgehead atoms. The minimum absolute atomic E-state index is 0.0232. The van der Waals surface area contributed by atoms with Gasteiger partial charge in [-0.15, -0.1) is 0 Å². The number of carbonyl (C=O) groups excluding carboxylic acids is 1. The van der Waals surface area contributed by atoms with E-state index in [1.165, 1.54) is 0 Å². The predicted molar refractivity (Wildman–Crippen MR) is 148 cm³/mol. The first kappa shape index (κ1) is 24.7. The number of carbonyl (C=O) groups is 1. The normalized spacial score (nSPS) is 11.2. The summed E-state index contributed by atoms with van der Waals surface area (Å²) in [7, 11) is 0. The van der Waals surface area contributed by atoms with Crippen molar-refractivity contribution in [2.75, 3.05) is 5.32 Å². The highest BCUT2D eigenvalue weighted by atomic mass is 79.9. The van der Waals surface area contributed by atoms with E-state index >= 15 is 0 Å². The van der Waals surface area contributed by atoms with E-state index in [0.717, 1.165) is 31.9 Å². The quantitative estimate of drug-likeness (QED) is 0.182. The fraction of sp³-hybridized carbons (Fsp3) is 0.103. The molecular formula is C29H22Br2N2O2. The van der Waals surface area contributed by atoms with Crippen LogP contribution in [0.1, 0.15) is 22.3 Å². The lowest BCUT2D eigenvalue weighted by Gasteiger charge is -2.14. The smallest absolute Gasteiger partial charge is 0.266 e. The number of hydrogen-bond donors (Lipinski definition) is 1. The molecule has 4 aromatic rings. The van der Waals surface area contributed by atoms with Gasteiger partial charge in [0.05, 0.1) is 4.47 Å². The molecule has 4 aromatic carbocycles. The maximum Gasteiger partial charge on any atom is 0.266 e. The number of benzene rings is 4. The Morgan fingerprint density at radius 3 is 2.57 bits per heavy atom. The van der Waals surface area contributed by atoms with Crippen LogP contribution < -0.4 is 10.1 Å². The van der Waals surface area contributed by atoms with E-state index in [0.29, 0.717) is 28.1 Å². The molecule has 35 heavy (non-hydrogen) atoms. The molecule has 0 aliphatic rings. The molecule has 1 amide bonds. The van der Waals surface area contributed by atoms with Crippen LogP contribution in [0.5, 0.6) is 5.75 Å². The molecule has 4 nitrogen and oxygen atoms in total. The fourth-order valence-corrected chi connectivity index (χ4v) is 5.23. The van der Waals surface area contributed by atoms with E-state index in [9.17, 15) is 10.1 Å². The van der Waals surface area contributed by atoms with Gasteiger partial charge in [-0.05, 0) is 76.0 Å². The number of aryl methyl sites for hydroxylation is 2. The minimum atomic E-state index is -0.476. The van der Waals surface area contributed by atoms with Crippen LogP contribution in [0.2, 0.25) is 0 Å². The number of halogens is 2. The van der Waals surface area contributed by atoms with Crippen LogP contribution in [0.25, 0.3) is 16.8 Å². The molecule has 0 heterocycles. The molecule has 174 valence electrons. The Morgan fingerprint density at radius 1 is 1.03 bits per heavy atom. The van der Waals surface area contributed by atoms with Gasteiger partial charge in [-0.1, -0.05) is 76.1 Å². The molecule has 0 fully saturated rings. The average Bonchev–Trinajstić information content (AvgIpc) is 2.83. The second-order valence-corrected chi connectivity index (χ2v) is 9.95. The summed E-state index contributed by atoms with van der Waals surface area (Å²) in [5, 5.41) is 14.9. The lowest BCUT2D eigenvalue weighted by molar-refractivity contribution is -0.112. The molecule has 6 heteroatoms. The van der Waals surface area contributed by atoms with Crippen molar-refractivity contribution >= 4 is 60.3 Å². The van der Waals surface area contributed by atoms with Gasteiger partial charge in [0.25, 0.3) is 5.91 Å². The van der Waals surface area contributed by atoms with E-state index in [1.54, 1.807) is 6.08 Å². The summed E-state index contributed by atoms with van der Waals surface area (Å²) in [6, 6.07) is 25.7. The second-order valence-electron chi connectivity index (χ2n) is 8.18. The van der Waals surface area contributed by atoms with Crippen molar-refractivity contribution < 1.29 is 9.53 Å². The van der Waals surface area contributed by atoms with E-state index in [2.05, 4.69) is 55.4 Å². The van der Waals surface area contributed by atoms with E-state index in [4.69, 9.17) is 4.74 Å². The topological polar surface area (TPSA) is 62.1 Å². The van der Waals surface area contributed by atoms with Gasteiger partial charge < -0.3 is 10.1 Å². The van der Waals surface area contributed by atoms with Crippen molar-refractivity contribution in [3.05, 3.63) is 110 Å². The monoisotopic (exact) mass is 588 g/mol. The van der Waals surface area contributed by atoms with Crippen molar-refractivity contribution in [2.45, 2.75) is 20.5 Å². The lowest BCUT2D eigenvalue weighted by Crippen LogP contribution is -2.14. The second kappa shape index (κ2) is 10.9. The lowest BCUT2D eigenvalue weighted by atomic mass is 10.1. The first-order valence-electron chi connectivity index (χ1n) is 10.9. The van der Waals surface area contributed by atoms with Gasteiger partial charge in [0, 0.05) is 15.7 Å². The van der Waals surface area contributed by atoms with Gasteiger partial charge >= 0.3 is 0 Å². The van der Waals surface area contributed by atoms with Crippen molar-refractivity contribution in [1.82, 2.24) is 0 Å². The number of nitriles is 1. The fourth-order valence-electron chi connectivity index (χ4n) is 3.86. The average molecular weight is 590 g/mol. The largest absolute Gasteiger partial charge is 0.487 e. The van der Waals surface area contributed by atoms with Crippen LogP contribution >= 0.6 is 31.9 Å². The van der Waals surface area contributed by atoms with Crippen LogP contribution in [0.3, 0.4) is 0 Å². The molecule has 1 N–H and O–H groups in total. The van der Waals surface area contributed by atoms with Crippen molar-refractivity contribution in [1.29, 1.82) is 5.26 Å². The van der Waals surface area contributed by atoms with Gasteiger partial charge in [-0.3, -0.25) is 4.79 Å². The van der Waals surface area contributed by atoms with Crippen LogP contribution in [0.4, 0.5) is 5.69 Å². The zero-order chi connectivity index (χ0) is 24.9. The molecule has 0 spiro atoms. The molecule has 0 saturated heterocycles. The van der Waals surface area contributed by atoms with Crippen molar-refractivity contribution in [2.24, 2.45) is 0 Å². The Kier molecular flexibility index (Phi) is 7.70. The number of nitrogens with zero attached hydrogens (tertiary/aromatic N) is 1. The van der Waals surface area contributed by atoms with Crippen LogP contribution in [-0.2, 0) is 11.4 Å². The molecule has 0 unspecified atom stereocenters. The summed E-state index contributed by atoms with van der Waals surface area (Å²) < 4.78 is 7.74. The number of rotatable bonds is 6. The van der Waals surface area contributed by atoms with Gasteiger partial charge in [0.2, 0.25) is 0 Å². The number of hydrogen-bond acceptors (Lipinski definition) is 3. The molecule has 0 atom stereocenters. The maximum absolute atomic E-state index is 12.9. The van der Waals surface area contributed by atoms with Gasteiger partial charge in [0.1, 0.15) is 24.0 Å².